The van der Waals surface area contributed by atoms with Gasteiger partial charge >= 0.3 is 0 Å². The van der Waals surface area contributed by atoms with Gasteiger partial charge in [0.25, 0.3) is 0 Å². The van der Waals surface area contributed by atoms with Crippen LogP contribution in [0.5, 0.6) is 23.1 Å². The fourth-order valence-corrected chi connectivity index (χ4v) is 2.62. The Morgan fingerprint density at radius 1 is 0.929 bits per heavy atom. The molecular formula is C21H21N3O3S. The molecule has 0 saturated carbocycles. The number of nitrogens with zero attached hydrogens (tertiary/aromatic N) is 1. The number of hydrogen-bond donors (Lipinski definition) is 2. The molecule has 0 amide bonds. The number of aromatic nitrogens is 1. The van der Waals surface area contributed by atoms with Crippen LogP contribution in [0.1, 0.15) is 5.56 Å². The van der Waals surface area contributed by atoms with Gasteiger partial charge in [0.1, 0.15) is 5.75 Å². The molecule has 6 nitrogen and oxygen atoms in total. The van der Waals surface area contributed by atoms with E-state index in [4.69, 9.17) is 26.4 Å². The first kappa shape index (κ1) is 19.4. The van der Waals surface area contributed by atoms with Crippen LogP contribution in [0.15, 0.2) is 66.9 Å². The molecule has 28 heavy (non-hydrogen) atoms. The van der Waals surface area contributed by atoms with E-state index < -0.39 is 0 Å². The number of nitrogens with one attached hydrogen (secondary N) is 2. The van der Waals surface area contributed by atoms with Crippen molar-refractivity contribution in [3.63, 3.8) is 0 Å². The van der Waals surface area contributed by atoms with Gasteiger partial charge in [0.2, 0.25) is 5.88 Å². The highest BCUT2D eigenvalue weighted by Gasteiger charge is 2.06. The molecule has 0 unspecified atom stereocenters. The summed E-state index contributed by atoms with van der Waals surface area (Å²) in [6.07, 6.45) is 1.66. The van der Waals surface area contributed by atoms with E-state index in [-0.39, 0.29) is 0 Å². The van der Waals surface area contributed by atoms with Crippen molar-refractivity contribution in [3.8, 4) is 23.1 Å². The van der Waals surface area contributed by atoms with E-state index in [1.807, 2.05) is 54.6 Å². The normalized spacial score (nSPS) is 10.1. The molecule has 0 aliphatic heterocycles. The van der Waals surface area contributed by atoms with Gasteiger partial charge in [-0.3, -0.25) is 0 Å². The van der Waals surface area contributed by atoms with Crippen molar-refractivity contribution in [3.05, 3.63) is 72.4 Å². The summed E-state index contributed by atoms with van der Waals surface area (Å²) in [4.78, 5) is 4.30. The number of pyridine rings is 1. The molecule has 1 aromatic heterocycles. The van der Waals surface area contributed by atoms with E-state index in [0.717, 1.165) is 17.0 Å². The molecule has 0 radical (unpaired) electrons. The smallest absolute Gasteiger partial charge is 0.219 e. The Hall–Kier alpha value is -3.32. The van der Waals surface area contributed by atoms with E-state index >= 15 is 0 Å². The Morgan fingerprint density at radius 3 is 2.32 bits per heavy atom. The topological polar surface area (TPSA) is 64.6 Å². The summed E-state index contributed by atoms with van der Waals surface area (Å²) in [5, 5.41) is 6.77. The maximum Gasteiger partial charge on any atom is 0.219 e. The minimum atomic E-state index is 0.465. The fraction of sp³-hybridized carbons (Fsp3) is 0.143. The van der Waals surface area contributed by atoms with Gasteiger partial charge in [-0.1, -0.05) is 24.3 Å². The fourth-order valence-electron chi connectivity index (χ4n) is 2.43. The standard InChI is InChI=1S/C21H21N3O3S/c1-25-17-10-7-15(8-11-17)13-23-21(28)24-16-9-12-20(22-14-16)27-19-6-4-3-5-18(19)26-2/h3-12,14H,13H2,1-2H3,(H2,23,24,28). The highest BCUT2D eigenvalue weighted by molar-refractivity contribution is 7.80. The SMILES string of the molecule is COc1ccc(CNC(=S)Nc2ccc(Oc3ccccc3OC)nc2)cc1. The zero-order valence-corrected chi connectivity index (χ0v) is 16.5. The Bertz CT molecular complexity index is 915. The first-order chi connectivity index (χ1) is 13.7. The van der Waals surface area contributed by atoms with E-state index in [9.17, 15) is 0 Å². The monoisotopic (exact) mass is 395 g/mol. The average molecular weight is 395 g/mol. The summed E-state index contributed by atoms with van der Waals surface area (Å²) in [5.74, 6) is 2.54. The van der Waals surface area contributed by atoms with Crippen LogP contribution in [0.25, 0.3) is 0 Å². The highest BCUT2D eigenvalue weighted by atomic mass is 32.1. The maximum atomic E-state index is 5.76. The van der Waals surface area contributed by atoms with Crippen molar-refractivity contribution in [1.29, 1.82) is 0 Å². The third-order valence-electron chi connectivity index (χ3n) is 3.89. The second kappa shape index (κ2) is 9.57. The van der Waals surface area contributed by atoms with Crippen LogP contribution in [-0.4, -0.2) is 24.3 Å². The van der Waals surface area contributed by atoms with E-state index in [1.54, 1.807) is 26.5 Å². The molecule has 3 aromatic rings. The van der Waals surface area contributed by atoms with Crippen LogP contribution in [-0.2, 0) is 6.54 Å². The van der Waals surface area contributed by atoms with Crippen LogP contribution < -0.4 is 24.8 Å². The van der Waals surface area contributed by atoms with Crippen LogP contribution >= 0.6 is 12.2 Å². The third kappa shape index (κ3) is 5.34. The number of thiocarbonyl (C=S) groups is 1. The van der Waals surface area contributed by atoms with E-state index in [2.05, 4.69) is 15.6 Å². The van der Waals surface area contributed by atoms with Crippen LogP contribution in [0.4, 0.5) is 5.69 Å². The van der Waals surface area contributed by atoms with Crippen LogP contribution in [0.2, 0.25) is 0 Å². The molecule has 0 fully saturated rings. The van der Waals surface area contributed by atoms with Gasteiger partial charge in [-0.25, -0.2) is 4.98 Å². The zero-order valence-electron chi connectivity index (χ0n) is 15.6. The maximum absolute atomic E-state index is 5.76. The molecule has 0 saturated heterocycles. The summed E-state index contributed by atoms with van der Waals surface area (Å²) in [7, 11) is 3.25. The summed E-state index contributed by atoms with van der Waals surface area (Å²) in [6.45, 7) is 0.609. The predicted octanol–water partition coefficient (Wildman–Crippen LogP) is 4.38. The lowest BCUT2D eigenvalue weighted by molar-refractivity contribution is 0.374. The van der Waals surface area contributed by atoms with Gasteiger partial charge in [-0.15, -0.1) is 0 Å². The molecular weight excluding hydrogens is 374 g/mol. The molecule has 7 heteroatoms. The van der Waals surface area contributed by atoms with E-state index in [1.165, 1.54) is 0 Å². The number of ether oxygens (including phenoxy) is 3. The molecule has 0 spiro atoms. The molecule has 144 valence electrons. The summed E-state index contributed by atoms with van der Waals surface area (Å²) < 4.78 is 16.2. The second-order valence-electron chi connectivity index (χ2n) is 5.79. The molecule has 0 bridgehead atoms. The summed E-state index contributed by atoms with van der Waals surface area (Å²) >= 11 is 5.33. The molecule has 1 heterocycles. The summed E-state index contributed by atoms with van der Waals surface area (Å²) in [5.41, 5.74) is 1.86. The van der Waals surface area contributed by atoms with Gasteiger partial charge in [-0.05, 0) is 48.1 Å². The molecule has 0 atom stereocenters. The summed E-state index contributed by atoms with van der Waals surface area (Å²) in [6, 6.07) is 18.8. The molecule has 2 N–H and O–H groups in total. The molecule has 0 aliphatic carbocycles. The van der Waals surface area contributed by atoms with E-state index in [0.29, 0.717) is 29.0 Å². The zero-order chi connectivity index (χ0) is 19.8. The van der Waals surface area contributed by atoms with Gasteiger partial charge in [0.05, 0.1) is 26.1 Å². The first-order valence-electron chi connectivity index (χ1n) is 8.62. The Kier molecular flexibility index (Phi) is 6.64. The average Bonchev–Trinajstić information content (AvgIpc) is 2.74. The second-order valence-corrected chi connectivity index (χ2v) is 6.20. The number of anilines is 1. The number of hydrogen-bond acceptors (Lipinski definition) is 5. The third-order valence-corrected chi connectivity index (χ3v) is 4.14. The lowest BCUT2D eigenvalue weighted by atomic mass is 10.2. The van der Waals surface area contributed by atoms with Crippen molar-refractivity contribution in [2.75, 3.05) is 19.5 Å². The number of para-hydroxylation sites is 2. The first-order valence-corrected chi connectivity index (χ1v) is 9.03. The van der Waals surface area contributed by atoms with Gasteiger partial charge in [0.15, 0.2) is 16.6 Å². The quantitative estimate of drug-likeness (QED) is 0.576. The highest BCUT2D eigenvalue weighted by Crippen LogP contribution is 2.30. The van der Waals surface area contributed by atoms with Gasteiger partial charge in [0, 0.05) is 12.6 Å². The minimum absolute atomic E-state index is 0.465. The number of rotatable bonds is 7. The number of benzene rings is 2. The van der Waals surface area contributed by atoms with Crippen molar-refractivity contribution in [1.82, 2.24) is 10.3 Å². The van der Waals surface area contributed by atoms with Crippen LogP contribution in [0.3, 0.4) is 0 Å². The Morgan fingerprint density at radius 2 is 1.68 bits per heavy atom. The van der Waals surface area contributed by atoms with Crippen LogP contribution in [0, 0.1) is 0 Å². The molecule has 2 aromatic carbocycles. The van der Waals surface area contributed by atoms with Gasteiger partial charge < -0.3 is 24.8 Å². The lowest BCUT2D eigenvalue weighted by Crippen LogP contribution is -2.27. The van der Waals surface area contributed by atoms with Crippen molar-refractivity contribution < 1.29 is 14.2 Å². The molecule has 3 rings (SSSR count). The predicted molar refractivity (Wildman–Crippen MR) is 113 cm³/mol. The van der Waals surface area contributed by atoms with Crippen molar-refractivity contribution >= 4 is 23.0 Å². The van der Waals surface area contributed by atoms with Crippen molar-refractivity contribution in [2.24, 2.45) is 0 Å². The molecule has 0 aliphatic rings. The van der Waals surface area contributed by atoms with Crippen molar-refractivity contribution in [2.45, 2.75) is 6.54 Å². The lowest BCUT2D eigenvalue weighted by Gasteiger charge is -2.12. The largest absolute Gasteiger partial charge is 0.497 e. The van der Waals surface area contributed by atoms with Gasteiger partial charge in [-0.2, -0.15) is 0 Å². The Labute approximate surface area is 169 Å². The Balaban J connectivity index is 1.52. The number of methoxy groups -OCH3 is 2. The minimum Gasteiger partial charge on any atom is -0.497 e.